The maximum Gasteiger partial charge on any atom is 0.318 e. The lowest BCUT2D eigenvalue weighted by Gasteiger charge is -2.25. The molecule has 240 valence electrons. The highest BCUT2D eigenvalue weighted by Crippen LogP contribution is 2.43. The lowest BCUT2D eigenvalue weighted by Crippen LogP contribution is -2.53. The Labute approximate surface area is 264 Å². The Morgan fingerprint density at radius 2 is 1.93 bits per heavy atom. The number of nitrogens with one attached hydrogen (secondary N) is 2. The summed E-state index contributed by atoms with van der Waals surface area (Å²) in [7, 11) is 1.40. The van der Waals surface area contributed by atoms with Crippen LogP contribution in [0.2, 0.25) is 0 Å². The summed E-state index contributed by atoms with van der Waals surface area (Å²) >= 11 is 0. The first-order valence-corrected chi connectivity index (χ1v) is 15.3. The normalized spacial score (nSPS) is 25.6. The van der Waals surface area contributed by atoms with Crippen molar-refractivity contribution in [3.63, 3.8) is 0 Å². The third-order valence-electron chi connectivity index (χ3n) is 8.79. The molecule has 1 saturated heterocycles. The SMILES string of the molecule is COc1ccc2c(OC3CC4C(=O)NC5(C=O)CC5/C=C/CCCCCNC(=O)N4C3)nc(-c3ccc(F)cc3)nc2c1C(N)=O. The van der Waals surface area contributed by atoms with Crippen LogP contribution in [0.4, 0.5) is 9.18 Å². The van der Waals surface area contributed by atoms with Crippen molar-refractivity contribution >= 4 is 35.0 Å². The molecule has 3 heterocycles. The second-order valence-electron chi connectivity index (χ2n) is 11.9. The summed E-state index contributed by atoms with van der Waals surface area (Å²) in [6.07, 6.45) is 8.29. The standard InChI is InChI=1S/C33H35FN6O6/c1-45-25-13-12-23-27(26(25)28(35)42)37-29(19-8-10-21(34)11-9-19)38-31(23)46-22-15-24-30(43)39-33(18-41)16-20(33)7-5-3-2-4-6-14-36-32(44)40(24)17-22/h5,7-13,18,20,22,24H,2-4,6,14-17H2,1H3,(H2,35,42)(H,36,44)(H,39,43)/b7-5+. The maximum absolute atomic E-state index is 13.7. The van der Waals surface area contributed by atoms with Crippen LogP contribution in [0.3, 0.4) is 0 Å². The van der Waals surface area contributed by atoms with E-state index in [4.69, 9.17) is 15.2 Å². The van der Waals surface area contributed by atoms with Gasteiger partial charge in [0.25, 0.3) is 5.91 Å². The molecule has 1 aliphatic carbocycles. The lowest BCUT2D eigenvalue weighted by atomic mass is 10.1. The monoisotopic (exact) mass is 630 g/mol. The summed E-state index contributed by atoms with van der Waals surface area (Å²) in [5.74, 6) is -1.34. The number of halogens is 1. The van der Waals surface area contributed by atoms with Crippen molar-refractivity contribution in [2.45, 2.75) is 56.2 Å². The zero-order valence-electron chi connectivity index (χ0n) is 25.3. The van der Waals surface area contributed by atoms with Crippen LogP contribution in [0.5, 0.6) is 11.6 Å². The summed E-state index contributed by atoms with van der Waals surface area (Å²) in [4.78, 5) is 62.3. The number of aldehydes is 1. The highest BCUT2D eigenvalue weighted by atomic mass is 19.1. The fourth-order valence-electron chi connectivity index (χ4n) is 6.18. The maximum atomic E-state index is 13.7. The van der Waals surface area contributed by atoms with E-state index in [0.29, 0.717) is 23.9 Å². The fourth-order valence-corrected chi connectivity index (χ4v) is 6.18. The molecule has 3 aromatic rings. The first kappa shape index (κ1) is 30.9. The molecule has 4 atom stereocenters. The second-order valence-corrected chi connectivity index (χ2v) is 11.9. The molecule has 1 aromatic heterocycles. The van der Waals surface area contributed by atoms with Crippen LogP contribution in [0.25, 0.3) is 22.3 Å². The number of aromatic nitrogens is 2. The van der Waals surface area contributed by atoms with Crippen molar-refractivity contribution in [3.8, 4) is 23.0 Å². The number of benzene rings is 2. The van der Waals surface area contributed by atoms with Crippen molar-refractivity contribution in [2.75, 3.05) is 20.2 Å². The molecule has 2 aromatic carbocycles. The number of rotatable bonds is 6. The highest BCUT2D eigenvalue weighted by Gasteiger charge is 2.55. The molecule has 4 amide bonds. The summed E-state index contributed by atoms with van der Waals surface area (Å²) < 4.78 is 25.5. The Balaban J connectivity index is 1.35. The Morgan fingerprint density at radius 3 is 2.67 bits per heavy atom. The molecule has 0 radical (unpaired) electrons. The van der Waals surface area contributed by atoms with E-state index in [0.717, 1.165) is 32.0 Å². The predicted molar refractivity (Wildman–Crippen MR) is 166 cm³/mol. The van der Waals surface area contributed by atoms with Gasteiger partial charge in [-0.2, -0.15) is 4.98 Å². The third-order valence-corrected chi connectivity index (χ3v) is 8.79. The van der Waals surface area contributed by atoms with E-state index < -0.39 is 41.3 Å². The number of amides is 4. The van der Waals surface area contributed by atoms with Gasteiger partial charge in [-0.05, 0) is 62.1 Å². The van der Waals surface area contributed by atoms with Gasteiger partial charge in [0.2, 0.25) is 11.8 Å². The summed E-state index contributed by atoms with van der Waals surface area (Å²) in [6, 6.07) is 7.37. The van der Waals surface area contributed by atoms with E-state index in [-0.39, 0.29) is 47.4 Å². The van der Waals surface area contributed by atoms with Gasteiger partial charge in [-0.1, -0.05) is 18.6 Å². The first-order valence-electron chi connectivity index (χ1n) is 15.3. The highest BCUT2D eigenvalue weighted by molar-refractivity contribution is 6.08. The topological polar surface area (TPSA) is 166 Å². The number of fused-ring (bicyclic) bond motifs is 3. The fraction of sp³-hybridized carbons (Fsp3) is 0.394. The average molecular weight is 631 g/mol. The molecule has 6 rings (SSSR count). The number of allylic oxidation sites excluding steroid dienone is 1. The molecule has 12 nitrogen and oxygen atoms in total. The quantitative estimate of drug-likeness (QED) is 0.276. The minimum absolute atomic E-state index is 0.0145. The number of urea groups is 1. The Kier molecular flexibility index (Phi) is 8.57. The molecule has 46 heavy (non-hydrogen) atoms. The van der Waals surface area contributed by atoms with Crippen LogP contribution in [0.15, 0.2) is 48.6 Å². The minimum atomic E-state index is -0.994. The van der Waals surface area contributed by atoms with E-state index >= 15 is 0 Å². The van der Waals surface area contributed by atoms with Crippen LogP contribution < -0.4 is 25.8 Å². The Bertz CT molecular complexity index is 1710. The first-order chi connectivity index (χ1) is 22.2. The van der Waals surface area contributed by atoms with Gasteiger partial charge in [-0.25, -0.2) is 14.2 Å². The predicted octanol–water partition coefficient (Wildman–Crippen LogP) is 3.28. The van der Waals surface area contributed by atoms with Gasteiger partial charge in [-0.15, -0.1) is 0 Å². The number of hydrogen-bond acceptors (Lipinski definition) is 8. The molecule has 0 bridgehead atoms. The van der Waals surface area contributed by atoms with Gasteiger partial charge in [0.15, 0.2) is 5.82 Å². The second kappa shape index (κ2) is 12.7. The smallest absolute Gasteiger partial charge is 0.318 e. The van der Waals surface area contributed by atoms with E-state index in [1.807, 2.05) is 6.08 Å². The van der Waals surface area contributed by atoms with E-state index in [9.17, 15) is 23.6 Å². The summed E-state index contributed by atoms with van der Waals surface area (Å²) in [5, 5.41) is 6.17. The van der Waals surface area contributed by atoms with Gasteiger partial charge < -0.3 is 35.5 Å². The molecule has 4 N–H and O–H groups in total. The average Bonchev–Trinajstić information content (AvgIpc) is 3.56. The van der Waals surface area contributed by atoms with Crippen LogP contribution >= 0.6 is 0 Å². The van der Waals surface area contributed by atoms with E-state index in [1.165, 1.54) is 36.3 Å². The zero-order valence-corrected chi connectivity index (χ0v) is 25.3. The van der Waals surface area contributed by atoms with Crippen molar-refractivity contribution < 1.29 is 33.0 Å². The molecule has 0 spiro atoms. The molecular formula is C33H35FN6O6. The molecule has 3 aliphatic rings. The minimum Gasteiger partial charge on any atom is -0.496 e. The molecule has 13 heteroatoms. The number of carbonyl (C=O) groups is 4. The zero-order chi connectivity index (χ0) is 32.4. The van der Waals surface area contributed by atoms with Crippen molar-refractivity contribution in [1.29, 1.82) is 0 Å². The number of nitrogens with zero attached hydrogens (tertiary/aromatic N) is 3. The summed E-state index contributed by atoms with van der Waals surface area (Å²) in [5.41, 5.74) is 5.38. The number of primary amides is 1. The molecular weight excluding hydrogens is 595 g/mol. The molecule has 2 fully saturated rings. The van der Waals surface area contributed by atoms with E-state index in [2.05, 4.69) is 26.7 Å². The number of carbonyl (C=O) groups excluding carboxylic acids is 4. The molecule has 1 saturated carbocycles. The van der Waals surface area contributed by atoms with E-state index in [1.54, 1.807) is 12.1 Å². The van der Waals surface area contributed by atoms with Gasteiger partial charge in [0, 0.05) is 24.4 Å². The Hall–Kier alpha value is -5.07. The summed E-state index contributed by atoms with van der Waals surface area (Å²) in [6.45, 7) is 0.507. The number of ether oxygens (including phenoxy) is 2. The Morgan fingerprint density at radius 1 is 1.13 bits per heavy atom. The number of methoxy groups -OCH3 is 1. The largest absolute Gasteiger partial charge is 0.496 e. The number of nitrogens with two attached hydrogens (primary N) is 1. The molecule has 4 unspecified atom stereocenters. The van der Waals surface area contributed by atoms with Crippen molar-refractivity contribution in [1.82, 2.24) is 25.5 Å². The van der Waals surface area contributed by atoms with Crippen molar-refractivity contribution in [2.24, 2.45) is 11.7 Å². The van der Waals surface area contributed by atoms with Crippen LogP contribution in [0, 0.1) is 11.7 Å². The number of hydrogen-bond donors (Lipinski definition) is 3. The van der Waals surface area contributed by atoms with Crippen LogP contribution in [-0.4, -0.2) is 76.9 Å². The van der Waals surface area contributed by atoms with Gasteiger partial charge in [-0.3, -0.25) is 9.59 Å². The lowest BCUT2D eigenvalue weighted by molar-refractivity contribution is -0.127. The van der Waals surface area contributed by atoms with Crippen LogP contribution in [0.1, 0.15) is 48.9 Å². The van der Waals surface area contributed by atoms with Gasteiger partial charge in [0.1, 0.15) is 41.1 Å². The van der Waals surface area contributed by atoms with Gasteiger partial charge >= 0.3 is 6.03 Å². The third kappa shape index (κ3) is 6.09. The van der Waals surface area contributed by atoms with Crippen LogP contribution in [-0.2, 0) is 9.59 Å². The van der Waals surface area contributed by atoms with Gasteiger partial charge in [0.05, 0.1) is 24.6 Å². The molecule has 2 aliphatic heterocycles. The van der Waals surface area contributed by atoms with Crippen molar-refractivity contribution in [3.05, 3.63) is 59.9 Å².